The fourth-order valence-electron chi connectivity index (χ4n) is 4.20. The highest BCUT2D eigenvalue weighted by molar-refractivity contribution is 5.80. The summed E-state index contributed by atoms with van der Waals surface area (Å²) in [7, 11) is 0. The van der Waals surface area contributed by atoms with Crippen molar-refractivity contribution in [1.29, 1.82) is 0 Å². The molecule has 0 radical (unpaired) electrons. The largest absolute Gasteiger partial charge is 0.353 e. The van der Waals surface area contributed by atoms with Crippen molar-refractivity contribution in [1.82, 2.24) is 15.1 Å². The summed E-state index contributed by atoms with van der Waals surface area (Å²) in [5.74, 6) is 1.10. The molecule has 0 aromatic heterocycles. The smallest absolute Gasteiger partial charge is 0.223 e. The number of hydrogen-bond donors (Lipinski definition) is 2. The number of nitrogens with zero attached hydrogens (tertiary/aromatic N) is 2. The lowest BCUT2D eigenvalue weighted by molar-refractivity contribution is -0.135. The maximum absolute atomic E-state index is 12.6. The van der Waals surface area contributed by atoms with Crippen LogP contribution in [0.3, 0.4) is 0 Å². The van der Waals surface area contributed by atoms with Crippen molar-refractivity contribution in [3.8, 4) is 0 Å². The number of carbonyl (C=O) groups excluding carboxylic acids is 3. The van der Waals surface area contributed by atoms with Crippen LogP contribution in [-0.2, 0) is 14.4 Å². The average molecular weight is 336 g/mol. The maximum atomic E-state index is 12.6. The molecule has 3 aliphatic rings. The molecule has 3 aliphatic heterocycles. The molecule has 7 nitrogen and oxygen atoms in total. The van der Waals surface area contributed by atoms with Crippen molar-refractivity contribution in [3.05, 3.63) is 0 Å². The number of piperidine rings is 2. The van der Waals surface area contributed by atoms with Gasteiger partial charge in [0.15, 0.2) is 0 Å². The van der Waals surface area contributed by atoms with Crippen molar-refractivity contribution in [2.45, 2.75) is 44.6 Å². The van der Waals surface area contributed by atoms with E-state index in [1.165, 1.54) is 0 Å². The first-order chi connectivity index (χ1) is 11.6. The molecule has 3 heterocycles. The first kappa shape index (κ1) is 17.2. The van der Waals surface area contributed by atoms with Crippen LogP contribution in [0.5, 0.6) is 0 Å². The van der Waals surface area contributed by atoms with E-state index in [1.54, 1.807) is 0 Å². The molecule has 0 bridgehead atoms. The van der Waals surface area contributed by atoms with Crippen LogP contribution in [-0.4, -0.2) is 66.3 Å². The summed E-state index contributed by atoms with van der Waals surface area (Å²) in [5, 5.41) is 3.00. The summed E-state index contributed by atoms with van der Waals surface area (Å²) in [6.45, 7) is 3.32. The third kappa shape index (κ3) is 3.88. The number of nitrogens with two attached hydrogens (primary N) is 1. The highest BCUT2D eigenvalue weighted by atomic mass is 16.2. The molecule has 0 saturated carbocycles. The molecule has 3 fully saturated rings. The lowest BCUT2D eigenvalue weighted by Crippen LogP contribution is -2.48. The highest BCUT2D eigenvalue weighted by Gasteiger charge is 2.38. The van der Waals surface area contributed by atoms with Gasteiger partial charge in [0.2, 0.25) is 17.7 Å². The normalized spacial score (nSPS) is 27.8. The van der Waals surface area contributed by atoms with Gasteiger partial charge in [-0.05, 0) is 25.2 Å². The Morgan fingerprint density at radius 1 is 1.08 bits per heavy atom. The van der Waals surface area contributed by atoms with E-state index in [1.807, 2.05) is 9.80 Å². The summed E-state index contributed by atoms with van der Waals surface area (Å²) >= 11 is 0. The van der Waals surface area contributed by atoms with Gasteiger partial charge in [0, 0.05) is 63.9 Å². The van der Waals surface area contributed by atoms with E-state index in [4.69, 9.17) is 5.73 Å². The Bertz CT molecular complexity index is 502. The summed E-state index contributed by atoms with van der Waals surface area (Å²) in [4.78, 5) is 39.7. The topological polar surface area (TPSA) is 95.7 Å². The molecule has 3 saturated heterocycles. The minimum atomic E-state index is 0.119. The zero-order valence-corrected chi connectivity index (χ0v) is 14.2. The molecule has 134 valence electrons. The minimum absolute atomic E-state index is 0.119. The second kappa shape index (κ2) is 7.51. The Morgan fingerprint density at radius 3 is 2.50 bits per heavy atom. The van der Waals surface area contributed by atoms with Gasteiger partial charge in [0.25, 0.3) is 0 Å². The molecule has 0 spiro atoms. The van der Waals surface area contributed by atoms with E-state index in [-0.39, 0.29) is 29.7 Å². The molecule has 0 aromatic rings. The van der Waals surface area contributed by atoms with Gasteiger partial charge in [0.05, 0.1) is 0 Å². The second-order valence-corrected chi connectivity index (χ2v) is 7.33. The summed E-state index contributed by atoms with van der Waals surface area (Å²) in [6.07, 6.45) is 4.18. The third-order valence-electron chi connectivity index (χ3n) is 5.67. The number of rotatable bonds is 4. The molecular weight excluding hydrogens is 308 g/mol. The van der Waals surface area contributed by atoms with Crippen LogP contribution in [0.4, 0.5) is 0 Å². The minimum Gasteiger partial charge on any atom is -0.353 e. The van der Waals surface area contributed by atoms with Gasteiger partial charge in [-0.3, -0.25) is 14.4 Å². The fourth-order valence-corrected chi connectivity index (χ4v) is 4.20. The number of amides is 3. The van der Waals surface area contributed by atoms with E-state index in [0.29, 0.717) is 38.3 Å². The Hall–Kier alpha value is -1.63. The molecule has 0 aliphatic carbocycles. The van der Waals surface area contributed by atoms with Gasteiger partial charge in [-0.25, -0.2) is 0 Å². The van der Waals surface area contributed by atoms with Crippen LogP contribution in [0, 0.1) is 11.8 Å². The third-order valence-corrected chi connectivity index (χ3v) is 5.67. The van der Waals surface area contributed by atoms with Gasteiger partial charge in [-0.1, -0.05) is 0 Å². The lowest BCUT2D eigenvalue weighted by Gasteiger charge is -2.36. The van der Waals surface area contributed by atoms with E-state index >= 15 is 0 Å². The Kier molecular flexibility index (Phi) is 5.38. The monoisotopic (exact) mass is 336 g/mol. The van der Waals surface area contributed by atoms with Gasteiger partial charge in [-0.15, -0.1) is 0 Å². The van der Waals surface area contributed by atoms with E-state index in [2.05, 4.69) is 5.32 Å². The molecule has 2 atom stereocenters. The van der Waals surface area contributed by atoms with Gasteiger partial charge in [-0.2, -0.15) is 0 Å². The average Bonchev–Trinajstić information content (AvgIpc) is 2.94. The molecular formula is C17H28N4O3. The van der Waals surface area contributed by atoms with Crippen LogP contribution in [0.25, 0.3) is 0 Å². The van der Waals surface area contributed by atoms with Crippen molar-refractivity contribution in [3.63, 3.8) is 0 Å². The van der Waals surface area contributed by atoms with Crippen molar-refractivity contribution in [2.75, 3.05) is 32.7 Å². The molecule has 3 amide bonds. The second-order valence-electron chi connectivity index (χ2n) is 7.33. The fraction of sp³-hybridized carbons (Fsp3) is 0.824. The Morgan fingerprint density at radius 2 is 1.79 bits per heavy atom. The number of nitrogens with one attached hydrogen (secondary N) is 1. The number of hydrogen-bond acceptors (Lipinski definition) is 4. The number of likely N-dealkylation sites (tertiary alicyclic amines) is 2. The SMILES string of the molecule is NCCC(=O)N1CCC(CC(=O)N2CCC3NC(=O)CC3C2)CC1. The maximum Gasteiger partial charge on any atom is 0.223 e. The molecule has 3 N–H and O–H groups in total. The van der Waals surface area contributed by atoms with Crippen LogP contribution >= 0.6 is 0 Å². The molecule has 2 unspecified atom stereocenters. The molecule has 7 heteroatoms. The first-order valence-corrected chi connectivity index (χ1v) is 9.11. The van der Waals surface area contributed by atoms with Crippen molar-refractivity contribution in [2.24, 2.45) is 17.6 Å². The van der Waals surface area contributed by atoms with E-state index < -0.39 is 0 Å². The van der Waals surface area contributed by atoms with E-state index in [9.17, 15) is 14.4 Å². The highest BCUT2D eigenvalue weighted by Crippen LogP contribution is 2.27. The number of fused-ring (bicyclic) bond motifs is 1. The summed E-state index contributed by atoms with van der Waals surface area (Å²) < 4.78 is 0. The predicted molar refractivity (Wildman–Crippen MR) is 88.8 cm³/mol. The van der Waals surface area contributed by atoms with Crippen LogP contribution < -0.4 is 11.1 Å². The molecule has 0 aromatic carbocycles. The Balaban J connectivity index is 1.43. The van der Waals surface area contributed by atoms with Crippen LogP contribution in [0.1, 0.15) is 38.5 Å². The number of carbonyl (C=O) groups is 3. The summed E-state index contributed by atoms with van der Waals surface area (Å²) in [6, 6.07) is 0.262. The zero-order valence-electron chi connectivity index (χ0n) is 14.2. The van der Waals surface area contributed by atoms with Gasteiger partial charge in [0.1, 0.15) is 0 Å². The predicted octanol–water partition coefficient (Wildman–Crippen LogP) is -0.299. The molecule has 3 rings (SSSR count). The quantitative estimate of drug-likeness (QED) is 0.737. The van der Waals surface area contributed by atoms with Gasteiger partial charge < -0.3 is 20.9 Å². The van der Waals surface area contributed by atoms with Crippen LogP contribution in [0.15, 0.2) is 0 Å². The van der Waals surface area contributed by atoms with Gasteiger partial charge >= 0.3 is 0 Å². The first-order valence-electron chi connectivity index (χ1n) is 9.11. The van der Waals surface area contributed by atoms with E-state index in [0.717, 1.165) is 38.9 Å². The van der Waals surface area contributed by atoms with Crippen LogP contribution in [0.2, 0.25) is 0 Å². The molecule has 24 heavy (non-hydrogen) atoms. The Labute approximate surface area is 142 Å². The summed E-state index contributed by atoms with van der Waals surface area (Å²) in [5.41, 5.74) is 5.43. The standard InChI is InChI=1S/C17H28N4O3/c18-5-1-16(23)20-6-2-12(3-7-20)9-17(24)21-8-4-14-13(11-21)10-15(22)19-14/h12-14H,1-11,18H2,(H,19,22). The van der Waals surface area contributed by atoms with Crippen molar-refractivity contribution >= 4 is 17.7 Å². The van der Waals surface area contributed by atoms with Crippen molar-refractivity contribution < 1.29 is 14.4 Å². The lowest BCUT2D eigenvalue weighted by atomic mass is 9.90. The zero-order chi connectivity index (χ0) is 17.1.